The molecule has 1 saturated heterocycles. The van der Waals surface area contributed by atoms with Crippen LogP contribution in [0.5, 0.6) is 5.75 Å². The number of halogens is 1. The normalized spacial score (nSPS) is 21.4. The third-order valence-corrected chi connectivity index (χ3v) is 5.55. The zero-order chi connectivity index (χ0) is 19.6. The molecule has 1 aliphatic heterocycles. The second-order valence-corrected chi connectivity index (χ2v) is 7.34. The highest BCUT2D eigenvalue weighted by atomic mass is 35.5. The molecule has 1 aromatic carbocycles. The van der Waals surface area contributed by atoms with E-state index in [9.17, 15) is 14.4 Å². The second kappa shape index (κ2) is 8.13. The summed E-state index contributed by atoms with van der Waals surface area (Å²) in [5.41, 5.74) is 1.38. The molecule has 0 unspecified atom stereocenters. The lowest BCUT2D eigenvalue weighted by atomic mass is 9.85. The van der Waals surface area contributed by atoms with Gasteiger partial charge in [0.2, 0.25) is 17.7 Å². The quantitative estimate of drug-likeness (QED) is 0.597. The number of imide groups is 1. The highest BCUT2D eigenvalue weighted by molar-refractivity contribution is 6.31. The van der Waals surface area contributed by atoms with Crippen LogP contribution in [0.3, 0.4) is 0 Å². The zero-order valence-electron chi connectivity index (χ0n) is 15.5. The summed E-state index contributed by atoms with van der Waals surface area (Å²) in [6.45, 7) is 2.12. The van der Waals surface area contributed by atoms with Crippen molar-refractivity contribution in [1.82, 2.24) is 4.90 Å². The SMILES string of the molecule is COc1cc(Cl)c(C)cc1NC(=O)CCCN1C(=O)[C@@H]2CC=CC[C@H]2C1=O. The summed E-state index contributed by atoms with van der Waals surface area (Å²) in [5.74, 6) is -0.376. The van der Waals surface area contributed by atoms with E-state index in [-0.39, 0.29) is 42.5 Å². The first-order valence-electron chi connectivity index (χ1n) is 9.06. The van der Waals surface area contributed by atoms with Crippen molar-refractivity contribution in [2.45, 2.75) is 32.6 Å². The van der Waals surface area contributed by atoms with Crippen LogP contribution in [0, 0.1) is 18.8 Å². The maximum absolute atomic E-state index is 12.4. The Morgan fingerprint density at radius 2 is 1.85 bits per heavy atom. The Kier molecular flexibility index (Phi) is 5.85. The molecule has 27 heavy (non-hydrogen) atoms. The number of carbonyl (C=O) groups excluding carboxylic acids is 3. The fourth-order valence-corrected chi connectivity index (χ4v) is 3.78. The lowest BCUT2D eigenvalue weighted by molar-refractivity contribution is -0.140. The van der Waals surface area contributed by atoms with Crippen LogP contribution in [0.25, 0.3) is 0 Å². The molecule has 0 bridgehead atoms. The lowest BCUT2D eigenvalue weighted by Gasteiger charge is -2.15. The van der Waals surface area contributed by atoms with Gasteiger partial charge in [0.1, 0.15) is 5.75 Å². The maximum atomic E-state index is 12.4. The van der Waals surface area contributed by atoms with Gasteiger partial charge < -0.3 is 10.1 Å². The molecule has 1 fully saturated rings. The Balaban J connectivity index is 1.54. The van der Waals surface area contributed by atoms with Gasteiger partial charge in [0.25, 0.3) is 0 Å². The van der Waals surface area contributed by atoms with E-state index in [1.807, 2.05) is 19.1 Å². The largest absolute Gasteiger partial charge is 0.495 e. The number of amides is 3. The molecule has 0 radical (unpaired) electrons. The summed E-state index contributed by atoms with van der Waals surface area (Å²) in [7, 11) is 1.51. The molecule has 7 heteroatoms. The third-order valence-electron chi connectivity index (χ3n) is 5.14. The Morgan fingerprint density at radius 1 is 1.22 bits per heavy atom. The Bertz CT molecular complexity index is 779. The summed E-state index contributed by atoms with van der Waals surface area (Å²) in [4.78, 5) is 38.4. The topological polar surface area (TPSA) is 75.7 Å². The van der Waals surface area contributed by atoms with Gasteiger partial charge >= 0.3 is 0 Å². The van der Waals surface area contributed by atoms with E-state index in [2.05, 4.69) is 5.32 Å². The van der Waals surface area contributed by atoms with Crippen molar-refractivity contribution < 1.29 is 19.1 Å². The van der Waals surface area contributed by atoms with Gasteiger partial charge in [0.15, 0.2) is 0 Å². The van der Waals surface area contributed by atoms with Gasteiger partial charge in [-0.25, -0.2) is 0 Å². The fraction of sp³-hybridized carbons (Fsp3) is 0.450. The third kappa shape index (κ3) is 4.00. The van der Waals surface area contributed by atoms with Gasteiger partial charge in [0, 0.05) is 24.1 Å². The molecule has 0 aromatic heterocycles. The van der Waals surface area contributed by atoms with E-state index in [0.717, 1.165) is 5.56 Å². The molecule has 144 valence electrons. The molecule has 2 aliphatic rings. The minimum atomic E-state index is -0.224. The van der Waals surface area contributed by atoms with Crippen molar-refractivity contribution >= 4 is 35.0 Å². The van der Waals surface area contributed by atoms with Gasteiger partial charge in [-0.1, -0.05) is 23.8 Å². The van der Waals surface area contributed by atoms with E-state index in [1.54, 1.807) is 12.1 Å². The van der Waals surface area contributed by atoms with Crippen LogP contribution in [-0.2, 0) is 14.4 Å². The van der Waals surface area contributed by atoms with Gasteiger partial charge in [-0.3, -0.25) is 19.3 Å². The average Bonchev–Trinajstić information content (AvgIpc) is 2.89. The van der Waals surface area contributed by atoms with Crippen molar-refractivity contribution in [2.24, 2.45) is 11.8 Å². The Hall–Kier alpha value is -2.34. The van der Waals surface area contributed by atoms with E-state index in [0.29, 0.717) is 35.7 Å². The van der Waals surface area contributed by atoms with Crippen LogP contribution in [0.4, 0.5) is 5.69 Å². The summed E-state index contributed by atoms with van der Waals surface area (Å²) in [6.07, 6.45) is 5.81. The molecular weight excluding hydrogens is 368 g/mol. The Labute approximate surface area is 163 Å². The molecule has 0 spiro atoms. The molecule has 3 rings (SSSR count). The molecule has 2 atom stereocenters. The maximum Gasteiger partial charge on any atom is 0.233 e. The fourth-order valence-electron chi connectivity index (χ4n) is 3.63. The van der Waals surface area contributed by atoms with E-state index >= 15 is 0 Å². The molecule has 1 heterocycles. The number of hydrogen-bond acceptors (Lipinski definition) is 4. The van der Waals surface area contributed by atoms with Crippen molar-refractivity contribution in [1.29, 1.82) is 0 Å². The number of nitrogens with zero attached hydrogens (tertiary/aromatic N) is 1. The van der Waals surface area contributed by atoms with Crippen LogP contribution in [0.2, 0.25) is 5.02 Å². The monoisotopic (exact) mass is 390 g/mol. The highest BCUT2D eigenvalue weighted by Crippen LogP contribution is 2.35. The van der Waals surface area contributed by atoms with Gasteiger partial charge in [-0.15, -0.1) is 0 Å². The average molecular weight is 391 g/mol. The van der Waals surface area contributed by atoms with Crippen molar-refractivity contribution in [3.63, 3.8) is 0 Å². The zero-order valence-corrected chi connectivity index (χ0v) is 16.2. The van der Waals surface area contributed by atoms with Crippen LogP contribution in [-0.4, -0.2) is 36.3 Å². The number of ether oxygens (including phenoxy) is 1. The number of methoxy groups -OCH3 is 1. The number of aryl methyl sites for hydroxylation is 1. The first kappa shape index (κ1) is 19.4. The van der Waals surface area contributed by atoms with Crippen LogP contribution >= 0.6 is 11.6 Å². The van der Waals surface area contributed by atoms with Crippen LogP contribution in [0.15, 0.2) is 24.3 Å². The van der Waals surface area contributed by atoms with Gasteiger partial charge in [-0.05, 0) is 37.8 Å². The minimum absolute atomic E-state index is 0.107. The number of anilines is 1. The summed E-state index contributed by atoms with van der Waals surface area (Å²) >= 11 is 6.07. The number of nitrogens with one attached hydrogen (secondary N) is 1. The predicted molar refractivity (Wildman–Crippen MR) is 103 cm³/mol. The van der Waals surface area contributed by atoms with Crippen molar-refractivity contribution in [3.05, 3.63) is 34.9 Å². The number of benzene rings is 1. The van der Waals surface area contributed by atoms with E-state index < -0.39 is 0 Å². The molecule has 3 amide bonds. The van der Waals surface area contributed by atoms with E-state index in [4.69, 9.17) is 16.3 Å². The van der Waals surface area contributed by atoms with E-state index in [1.165, 1.54) is 12.0 Å². The van der Waals surface area contributed by atoms with Gasteiger partial charge in [-0.2, -0.15) is 0 Å². The predicted octanol–water partition coefficient (Wildman–Crippen LogP) is 3.33. The number of carbonyl (C=O) groups is 3. The minimum Gasteiger partial charge on any atom is -0.495 e. The molecule has 6 nitrogen and oxygen atoms in total. The first-order chi connectivity index (χ1) is 12.9. The van der Waals surface area contributed by atoms with Crippen molar-refractivity contribution in [2.75, 3.05) is 19.0 Å². The number of hydrogen-bond donors (Lipinski definition) is 1. The standard InChI is InChI=1S/C20H23ClN2O4/c1-12-10-16(17(27-2)11-15(12)21)22-18(24)8-5-9-23-19(25)13-6-3-4-7-14(13)20(23)26/h3-4,10-11,13-14H,5-9H2,1-2H3,(H,22,24)/t13-,14-/m1/s1. The van der Waals surface area contributed by atoms with Crippen molar-refractivity contribution in [3.8, 4) is 5.75 Å². The Morgan fingerprint density at radius 3 is 2.44 bits per heavy atom. The molecule has 1 N–H and O–H groups in total. The number of likely N-dealkylation sites (tertiary alicyclic amines) is 1. The van der Waals surface area contributed by atoms with Gasteiger partial charge in [0.05, 0.1) is 24.6 Å². The lowest BCUT2D eigenvalue weighted by Crippen LogP contribution is -2.32. The van der Waals surface area contributed by atoms with Crippen LogP contribution in [0.1, 0.15) is 31.2 Å². The first-order valence-corrected chi connectivity index (χ1v) is 9.44. The number of fused-ring (bicyclic) bond motifs is 1. The van der Waals surface area contributed by atoms with Crippen LogP contribution < -0.4 is 10.1 Å². The summed E-state index contributed by atoms with van der Waals surface area (Å²) < 4.78 is 5.25. The number of allylic oxidation sites excluding steroid dienone is 2. The highest BCUT2D eigenvalue weighted by Gasteiger charge is 2.46. The molecule has 1 aromatic rings. The summed E-state index contributed by atoms with van der Waals surface area (Å²) in [6, 6.07) is 3.41. The molecule has 1 aliphatic carbocycles. The smallest absolute Gasteiger partial charge is 0.233 e. The molecule has 0 saturated carbocycles. The summed E-state index contributed by atoms with van der Waals surface area (Å²) in [5, 5.41) is 3.37. The number of rotatable bonds is 6. The second-order valence-electron chi connectivity index (χ2n) is 6.94. The molecular formula is C20H23ClN2O4.